The van der Waals surface area contributed by atoms with Gasteiger partial charge in [-0.05, 0) is 30.5 Å². The van der Waals surface area contributed by atoms with E-state index in [4.69, 9.17) is 4.74 Å². The van der Waals surface area contributed by atoms with Gasteiger partial charge in [0.2, 0.25) is 5.91 Å². The molecule has 0 unspecified atom stereocenters. The second-order valence-electron chi connectivity index (χ2n) is 5.69. The predicted octanol–water partition coefficient (Wildman–Crippen LogP) is 3.61. The smallest absolute Gasteiger partial charge is 0.255 e. The first-order valence-electron chi connectivity index (χ1n) is 8.46. The minimum Gasteiger partial charge on any atom is -0.493 e. The molecule has 132 valence electrons. The molecule has 0 aromatic heterocycles. The average molecular weight is 348 g/mol. The molecule has 3 rings (SSSR count). The number of carbonyl (C=O) groups excluding carboxylic acids is 2. The zero-order valence-electron chi connectivity index (χ0n) is 14.5. The molecule has 0 aliphatic heterocycles. The van der Waals surface area contributed by atoms with Crippen LogP contribution in [0.5, 0.6) is 5.75 Å². The maximum Gasteiger partial charge on any atom is 0.255 e. The molecule has 0 saturated carbocycles. The third-order valence-corrected chi connectivity index (χ3v) is 3.90. The molecule has 0 aliphatic rings. The molecule has 0 fully saturated rings. The number of anilines is 1. The van der Waals surface area contributed by atoms with Crippen LogP contribution in [0.2, 0.25) is 0 Å². The van der Waals surface area contributed by atoms with E-state index in [0.29, 0.717) is 17.9 Å². The molecule has 0 radical (unpaired) electrons. The quantitative estimate of drug-likeness (QED) is 0.715. The fraction of sp³-hybridized carbons (Fsp3) is 0.143. The Balaban J connectivity index is 1.65. The molecule has 3 aromatic carbocycles. The van der Waals surface area contributed by atoms with E-state index in [9.17, 15) is 9.59 Å². The van der Waals surface area contributed by atoms with Gasteiger partial charge in [-0.15, -0.1) is 0 Å². The summed E-state index contributed by atoms with van der Waals surface area (Å²) in [5.41, 5.74) is 1.13. The van der Waals surface area contributed by atoms with E-state index in [0.717, 1.165) is 16.5 Å². The van der Waals surface area contributed by atoms with Gasteiger partial charge in [-0.3, -0.25) is 9.59 Å². The highest BCUT2D eigenvalue weighted by Crippen LogP contribution is 2.22. The molecule has 2 N–H and O–H groups in total. The highest BCUT2D eigenvalue weighted by Gasteiger charge is 2.13. The van der Waals surface area contributed by atoms with Crippen LogP contribution in [0.3, 0.4) is 0 Å². The number of amides is 2. The van der Waals surface area contributed by atoms with Crippen LogP contribution in [0.25, 0.3) is 10.8 Å². The summed E-state index contributed by atoms with van der Waals surface area (Å²) in [6.07, 6.45) is 0. The maximum atomic E-state index is 12.3. The van der Waals surface area contributed by atoms with Crippen molar-refractivity contribution in [1.29, 1.82) is 0 Å². The van der Waals surface area contributed by atoms with Gasteiger partial charge >= 0.3 is 0 Å². The van der Waals surface area contributed by atoms with Gasteiger partial charge in [0.25, 0.3) is 5.91 Å². The number of hydrogen-bond acceptors (Lipinski definition) is 3. The zero-order valence-corrected chi connectivity index (χ0v) is 14.5. The number of fused-ring (bicyclic) bond motifs is 1. The Kier molecular flexibility index (Phi) is 5.49. The van der Waals surface area contributed by atoms with Gasteiger partial charge in [-0.2, -0.15) is 0 Å². The Labute approximate surface area is 152 Å². The number of para-hydroxylation sites is 1. The molecular formula is C21H20N2O3. The lowest BCUT2D eigenvalue weighted by Crippen LogP contribution is -2.33. The summed E-state index contributed by atoms with van der Waals surface area (Å²) in [4.78, 5) is 24.6. The van der Waals surface area contributed by atoms with E-state index < -0.39 is 0 Å². The van der Waals surface area contributed by atoms with Crippen molar-refractivity contribution in [2.45, 2.75) is 6.92 Å². The molecule has 0 bridgehead atoms. The van der Waals surface area contributed by atoms with Crippen molar-refractivity contribution in [2.24, 2.45) is 0 Å². The van der Waals surface area contributed by atoms with Crippen molar-refractivity contribution in [3.8, 4) is 5.75 Å². The molecule has 5 heteroatoms. The molecule has 0 saturated heterocycles. The lowest BCUT2D eigenvalue weighted by molar-refractivity contribution is -0.115. The standard InChI is InChI=1S/C21H20N2O3/c1-2-26-19-13-6-5-11-17(19)21(25)22-14-20(24)23-18-12-7-9-15-8-3-4-10-16(15)18/h3-13H,2,14H2,1H3,(H,22,25)(H,23,24). The first-order valence-corrected chi connectivity index (χ1v) is 8.46. The van der Waals surface area contributed by atoms with Gasteiger partial charge in [0.1, 0.15) is 5.75 Å². The van der Waals surface area contributed by atoms with Crippen molar-refractivity contribution in [3.63, 3.8) is 0 Å². The molecule has 0 aliphatic carbocycles. The largest absolute Gasteiger partial charge is 0.493 e. The lowest BCUT2D eigenvalue weighted by atomic mass is 10.1. The minimum atomic E-state index is -0.345. The highest BCUT2D eigenvalue weighted by atomic mass is 16.5. The molecule has 2 amide bonds. The Hall–Kier alpha value is -3.34. The third kappa shape index (κ3) is 4.00. The van der Waals surface area contributed by atoms with Crippen molar-refractivity contribution in [3.05, 3.63) is 72.3 Å². The fourth-order valence-corrected chi connectivity index (χ4v) is 2.72. The molecule has 0 atom stereocenters. The summed E-state index contributed by atoms with van der Waals surface area (Å²) < 4.78 is 5.45. The summed E-state index contributed by atoms with van der Waals surface area (Å²) >= 11 is 0. The van der Waals surface area contributed by atoms with E-state index in [2.05, 4.69) is 10.6 Å². The SMILES string of the molecule is CCOc1ccccc1C(=O)NCC(=O)Nc1cccc2ccccc12. The number of rotatable bonds is 6. The summed E-state index contributed by atoms with van der Waals surface area (Å²) in [5.74, 6) is -0.132. The van der Waals surface area contributed by atoms with Crippen LogP contribution in [0.4, 0.5) is 5.69 Å². The average Bonchev–Trinajstić information content (AvgIpc) is 2.67. The molecule has 5 nitrogen and oxygen atoms in total. The van der Waals surface area contributed by atoms with Crippen LogP contribution in [-0.2, 0) is 4.79 Å². The minimum absolute atomic E-state index is 0.123. The zero-order chi connectivity index (χ0) is 18.4. The third-order valence-electron chi connectivity index (χ3n) is 3.90. The van der Waals surface area contributed by atoms with Crippen LogP contribution < -0.4 is 15.4 Å². The van der Waals surface area contributed by atoms with Gasteiger partial charge in [-0.25, -0.2) is 0 Å². The van der Waals surface area contributed by atoms with Crippen LogP contribution in [-0.4, -0.2) is 25.0 Å². The van der Waals surface area contributed by atoms with Crippen molar-refractivity contribution in [1.82, 2.24) is 5.32 Å². The summed E-state index contributed by atoms with van der Waals surface area (Å²) in [6, 6.07) is 20.5. The molecule has 0 heterocycles. The van der Waals surface area contributed by atoms with E-state index in [1.165, 1.54) is 0 Å². The van der Waals surface area contributed by atoms with Crippen LogP contribution in [0, 0.1) is 0 Å². The van der Waals surface area contributed by atoms with Crippen molar-refractivity contribution < 1.29 is 14.3 Å². The van der Waals surface area contributed by atoms with E-state index in [1.807, 2.05) is 49.4 Å². The van der Waals surface area contributed by atoms with Crippen LogP contribution in [0.1, 0.15) is 17.3 Å². The van der Waals surface area contributed by atoms with E-state index in [1.54, 1.807) is 24.3 Å². The number of ether oxygens (including phenoxy) is 1. The monoisotopic (exact) mass is 348 g/mol. The van der Waals surface area contributed by atoms with Crippen LogP contribution in [0.15, 0.2) is 66.7 Å². The summed E-state index contributed by atoms with van der Waals surface area (Å²) in [7, 11) is 0. The number of nitrogens with one attached hydrogen (secondary N) is 2. The van der Waals surface area contributed by atoms with Crippen molar-refractivity contribution in [2.75, 3.05) is 18.5 Å². The van der Waals surface area contributed by atoms with Crippen LogP contribution >= 0.6 is 0 Å². The van der Waals surface area contributed by atoms with Gasteiger partial charge in [0.15, 0.2) is 0 Å². The van der Waals surface area contributed by atoms with E-state index >= 15 is 0 Å². The molecular weight excluding hydrogens is 328 g/mol. The molecule has 26 heavy (non-hydrogen) atoms. The van der Waals surface area contributed by atoms with Gasteiger partial charge in [0.05, 0.1) is 18.7 Å². The summed E-state index contributed by atoms with van der Waals surface area (Å²) in [5, 5.41) is 7.48. The molecule has 3 aromatic rings. The first kappa shape index (κ1) is 17.5. The van der Waals surface area contributed by atoms with Gasteiger partial charge < -0.3 is 15.4 Å². The van der Waals surface area contributed by atoms with Gasteiger partial charge in [-0.1, -0.05) is 48.5 Å². The lowest BCUT2D eigenvalue weighted by Gasteiger charge is -2.11. The maximum absolute atomic E-state index is 12.3. The Morgan fingerprint density at radius 2 is 1.65 bits per heavy atom. The fourth-order valence-electron chi connectivity index (χ4n) is 2.72. The highest BCUT2D eigenvalue weighted by molar-refractivity contribution is 6.04. The number of benzene rings is 3. The number of hydrogen-bond donors (Lipinski definition) is 2. The Morgan fingerprint density at radius 3 is 2.50 bits per heavy atom. The molecule has 0 spiro atoms. The predicted molar refractivity (Wildman–Crippen MR) is 103 cm³/mol. The number of carbonyl (C=O) groups is 2. The second kappa shape index (κ2) is 8.16. The first-order chi connectivity index (χ1) is 12.7. The normalized spacial score (nSPS) is 10.3. The second-order valence-corrected chi connectivity index (χ2v) is 5.69. The van der Waals surface area contributed by atoms with E-state index in [-0.39, 0.29) is 18.4 Å². The Bertz CT molecular complexity index is 932. The topological polar surface area (TPSA) is 67.4 Å². The Morgan fingerprint density at radius 1 is 0.923 bits per heavy atom. The summed E-state index contributed by atoms with van der Waals surface area (Å²) in [6.45, 7) is 2.20. The van der Waals surface area contributed by atoms with Crippen molar-refractivity contribution >= 4 is 28.3 Å². The van der Waals surface area contributed by atoms with Gasteiger partial charge in [0, 0.05) is 11.1 Å².